The highest BCUT2D eigenvalue weighted by Gasteiger charge is 2.30. The van der Waals surface area contributed by atoms with E-state index in [0.29, 0.717) is 35.3 Å². The Morgan fingerprint density at radius 3 is 2.59 bits per heavy atom. The van der Waals surface area contributed by atoms with Gasteiger partial charge in [-0.05, 0) is 53.1 Å². The van der Waals surface area contributed by atoms with Crippen LogP contribution in [0.1, 0.15) is 57.3 Å². The molecule has 2 rings (SSSR count). The highest BCUT2D eigenvalue weighted by Crippen LogP contribution is 2.35. The molecule has 1 amide bonds. The zero-order chi connectivity index (χ0) is 21.4. The molecule has 0 unspecified atom stereocenters. The van der Waals surface area contributed by atoms with Crippen molar-refractivity contribution in [3.8, 4) is 11.5 Å². The summed E-state index contributed by atoms with van der Waals surface area (Å²) in [6.45, 7) is 10.8. The molecule has 1 atom stereocenters. The van der Waals surface area contributed by atoms with E-state index < -0.39 is 0 Å². The summed E-state index contributed by atoms with van der Waals surface area (Å²) in [5.74, 6) is 1.01. The number of piperidine rings is 1. The van der Waals surface area contributed by atoms with E-state index in [1.807, 2.05) is 32.6 Å². The van der Waals surface area contributed by atoms with Crippen LogP contribution in [0.5, 0.6) is 11.5 Å². The minimum Gasteiger partial charge on any atom is -0.490 e. The van der Waals surface area contributed by atoms with Crippen molar-refractivity contribution in [2.45, 2.75) is 65.1 Å². The van der Waals surface area contributed by atoms with E-state index in [2.05, 4.69) is 5.32 Å². The van der Waals surface area contributed by atoms with Gasteiger partial charge in [0.1, 0.15) is 0 Å². The van der Waals surface area contributed by atoms with E-state index in [1.54, 1.807) is 19.2 Å². The summed E-state index contributed by atoms with van der Waals surface area (Å²) >= 11 is 6.53. The third kappa shape index (κ3) is 6.76. The molecule has 1 saturated heterocycles. The van der Waals surface area contributed by atoms with Crippen LogP contribution in [0.2, 0.25) is 5.02 Å². The second-order valence-electron chi connectivity index (χ2n) is 7.95. The fourth-order valence-corrected chi connectivity index (χ4v) is 3.81. The fourth-order valence-electron chi connectivity index (χ4n) is 3.58. The van der Waals surface area contributed by atoms with E-state index in [9.17, 15) is 4.79 Å². The molecule has 0 spiro atoms. The lowest BCUT2D eigenvalue weighted by Gasteiger charge is -2.38. The molecule has 1 aliphatic heterocycles. The monoisotopic (exact) mass is 426 g/mol. The second kappa shape index (κ2) is 11.6. The van der Waals surface area contributed by atoms with Crippen molar-refractivity contribution in [1.82, 2.24) is 10.2 Å². The van der Waals surface area contributed by atoms with Gasteiger partial charge in [0.2, 0.25) is 0 Å². The lowest BCUT2D eigenvalue weighted by Crippen LogP contribution is -2.51. The van der Waals surface area contributed by atoms with Gasteiger partial charge in [-0.1, -0.05) is 11.6 Å². The van der Waals surface area contributed by atoms with Crippen molar-refractivity contribution < 1.29 is 19.0 Å². The number of nitrogens with one attached hydrogen (secondary N) is 1. The first-order valence-electron chi connectivity index (χ1n) is 10.5. The van der Waals surface area contributed by atoms with Crippen molar-refractivity contribution in [3.63, 3.8) is 0 Å². The van der Waals surface area contributed by atoms with Crippen LogP contribution >= 0.6 is 11.6 Å². The number of halogens is 1. The molecule has 6 nitrogen and oxygen atoms in total. The van der Waals surface area contributed by atoms with Gasteiger partial charge >= 0.3 is 0 Å². The van der Waals surface area contributed by atoms with Gasteiger partial charge < -0.3 is 24.4 Å². The number of hydrogen-bond donors (Lipinski definition) is 1. The first kappa shape index (κ1) is 23.8. The smallest absolute Gasteiger partial charge is 0.256 e. The average Bonchev–Trinajstić information content (AvgIpc) is 2.66. The number of nitrogens with zero attached hydrogens (tertiary/aromatic N) is 1. The molecule has 0 aliphatic carbocycles. The summed E-state index contributed by atoms with van der Waals surface area (Å²) in [6, 6.07) is 3.64. The van der Waals surface area contributed by atoms with Gasteiger partial charge in [-0.3, -0.25) is 4.79 Å². The SMILES string of the molecule is COCCCOc1cc(C(=O)N(C(C)C)[C@@H]2CCCNC2)c(Cl)cc1OC(C)C. The molecule has 0 aromatic heterocycles. The molecule has 164 valence electrons. The molecule has 1 aromatic rings. The van der Waals surface area contributed by atoms with Gasteiger partial charge in [0, 0.05) is 44.8 Å². The maximum Gasteiger partial charge on any atom is 0.256 e. The number of methoxy groups -OCH3 is 1. The highest BCUT2D eigenvalue weighted by molar-refractivity contribution is 6.34. The van der Waals surface area contributed by atoms with Crippen molar-refractivity contribution in [2.75, 3.05) is 33.4 Å². The van der Waals surface area contributed by atoms with Crippen LogP contribution in [0.3, 0.4) is 0 Å². The first-order valence-corrected chi connectivity index (χ1v) is 10.9. The lowest BCUT2D eigenvalue weighted by atomic mass is 10.0. The topological polar surface area (TPSA) is 60.0 Å². The number of benzene rings is 1. The Kier molecular flexibility index (Phi) is 9.53. The maximum absolute atomic E-state index is 13.5. The third-order valence-corrected chi connectivity index (χ3v) is 5.14. The Balaban J connectivity index is 2.31. The van der Waals surface area contributed by atoms with Crippen molar-refractivity contribution >= 4 is 17.5 Å². The molecule has 0 bridgehead atoms. The Bertz CT molecular complexity index is 660. The van der Waals surface area contributed by atoms with Crippen molar-refractivity contribution in [2.24, 2.45) is 0 Å². The Morgan fingerprint density at radius 2 is 2.00 bits per heavy atom. The summed E-state index contributed by atoms with van der Waals surface area (Å²) in [4.78, 5) is 15.4. The minimum absolute atomic E-state index is 0.0329. The number of hydrogen-bond acceptors (Lipinski definition) is 5. The molecule has 29 heavy (non-hydrogen) atoms. The van der Waals surface area contributed by atoms with Crippen LogP contribution in [0.15, 0.2) is 12.1 Å². The van der Waals surface area contributed by atoms with E-state index in [0.717, 1.165) is 32.4 Å². The molecule has 1 fully saturated rings. The Morgan fingerprint density at radius 1 is 1.24 bits per heavy atom. The number of amides is 1. The number of carbonyl (C=O) groups excluding carboxylic acids is 1. The molecule has 0 radical (unpaired) electrons. The zero-order valence-electron chi connectivity index (χ0n) is 18.3. The van der Waals surface area contributed by atoms with Crippen molar-refractivity contribution in [3.05, 3.63) is 22.7 Å². The van der Waals surface area contributed by atoms with E-state index >= 15 is 0 Å². The molecular weight excluding hydrogens is 392 g/mol. The van der Waals surface area contributed by atoms with Gasteiger partial charge in [-0.2, -0.15) is 0 Å². The van der Waals surface area contributed by atoms with Crippen LogP contribution in [0, 0.1) is 0 Å². The largest absolute Gasteiger partial charge is 0.490 e. The van der Waals surface area contributed by atoms with E-state index in [1.165, 1.54) is 0 Å². The van der Waals surface area contributed by atoms with Gasteiger partial charge in [-0.15, -0.1) is 0 Å². The number of rotatable bonds is 10. The number of ether oxygens (including phenoxy) is 3. The van der Waals surface area contributed by atoms with Crippen LogP contribution in [-0.2, 0) is 4.74 Å². The summed E-state index contributed by atoms with van der Waals surface area (Å²) in [7, 11) is 1.66. The normalized spacial score (nSPS) is 16.9. The summed E-state index contributed by atoms with van der Waals surface area (Å²) in [5, 5.41) is 3.77. The molecular formula is C22H35ClN2O4. The quantitative estimate of drug-likeness (QED) is 0.569. The average molecular weight is 427 g/mol. The van der Waals surface area contributed by atoms with Crippen LogP contribution < -0.4 is 14.8 Å². The molecule has 1 heterocycles. The van der Waals surface area contributed by atoms with E-state index in [-0.39, 0.29) is 24.1 Å². The van der Waals surface area contributed by atoms with Crippen molar-refractivity contribution in [1.29, 1.82) is 0 Å². The third-order valence-electron chi connectivity index (χ3n) is 4.83. The zero-order valence-corrected chi connectivity index (χ0v) is 19.1. The predicted octanol–water partition coefficient (Wildman–Crippen LogP) is 4.15. The van der Waals surface area contributed by atoms with Crippen LogP contribution in [0.25, 0.3) is 0 Å². The molecule has 0 saturated carbocycles. The van der Waals surface area contributed by atoms with Crippen LogP contribution in [-0.4, -0.2) is 62.4 Å². The fraction of sp³-hybridized carbons (Fsp3) is 0.682. The van der Waals surface area contributed by atoms with Gasteiger partial charge in [0.25, 0.3) is 5.91 Å². The summed E-state index contributed by atoms with van der Waals surface area (Å²) in [5.41, 5.74) is 0.448. The molecule has 1 aliphatic rings. The lowest BCUT2D eigenvalue weighted by molar-refractivity contribution is 0.0573. The minimum atomic E-state index is -0.0726. The standard InChI is InChI=1S/C22H35ClN2O4/c1-15(2)25(17-8-6-9-24-14-17)22(26)18-12-20(28-11-7-10-27-5)21(13-19(18)23)29-16(3)4/h12-13,15-17,24H,6-11,14H2,1-5H3/t17-/m1/s1. The Labute approximate surface area is 179 Å². The van der Waals surface area contributed by atoms with Gasteiger partial charge in [0.05, 0.1) is 23.3 Å². The van der Waals surface area contributed by atoms with Gasteiger partial charge in [-0.25, -0.2) is 0 Å². The summed E-state index contributed by atoms with van der Waals surface area (Å²) in [6.07, 6.45) is 2.76. The number of carbonyl (C=O) groups is 1. The maximum atomic E-state index is 13.5. The Hall–Kier alpha value is -1.50. The highest BCUT2D eigenvalue weighted by atomic mass is 35.5. The molecule has 1 aromatic carbocycles. The molecule has 1 N–H and O–H groups in total. The second-order valence-corrected chi connectivity index (χ2v) is 8.35. The predicted molar refractivity (Wildman–Crippen MR) is 116 cm³/mol. The molecule has 7 heteroatoms. The first-order chi connectivity index (χ1) is 13.8. The summed E-state index contributed by atoms with van der Waals surface area (Å²) < 4.78 is 16.9. The van der Waals surface area contributed by atoms with Gasteiger partial charge in [0.15, 0.2) is 11.5 Å². The van der Waals surface area contributed by atoms with E-state index in [4.69, 9.17) is 25.8 Å². The van der Waals surface area contributed by atoms with Crippen LogP contribution in [0.4, 0.5) is 0 Å².